The van der Waals surface area contributed by atoms with Gasteiger partial charge in [-0.05, 0) is 30.3 Å². The highest BCUT2D eigenvalue weighted by Crippen LogP contribution is 2.28. The van der Waals surface area contributed by atoms with Crippen molar-refractivity contribution >= 4 is 61.9 Å². The van der Waals surface area contributed by atoms with Crippen LogP contribution >= 0.6 is 44.5 Å². The molecule has 25 heavy (non-hydrogen) atoms. The lowest BCUT2D eigenvalue weighted by Gasteiger charge is -2.26. The SMILES string of the molecule is Br.C[N+](C)(C)CC([O-])=Nc1ccc(Br)cc1C(=O)c1ccccc1Cl. The number of aliphatic imine (C=N–C) groups is 1. The molecule has 0 spiro atoms. The summed E-state index contributed by atoms with van der Waals surface area (Å²) in [5.41, 5.74) is 1.07. The third kappa shape index (κ3) is 6.22. The normalized spacial score (nSPS) is 11.8. The van der Waals surface area contributed by atoms with Gasteiger partial charge in [0.15, 0.2) is 5.78 Å². The molecule has 0 heterocycles. The van der Waals surface area contributed by atoms with E-state index in [1.54, 1.807) is 42.5 Å². The van der Waals surface area contributed by atoms with E-state index in [1.165, 1.54) is 0 Å². The highest BCUT2D eigenvalue weighted by atomic mass is 79.9. The first-order valence-electron chi connectivity index (χ1n) is 7.31. The molecule has 0 fully saturated rings. The molecule has 2 aromatic rings. The van der Waals surface area contributed by atoms with Crippen LogP contribution in [0.5, 0.6) is 0 Å². The van der Waals surface area contributed by atoms with E-state index in [4.69, 9.17) is 11.6 Å². The number of halogens is 3. The van der Waals surface area contributed by atoms with Gasteiger partial charge < -0.3 is 9.59 Å². The lowest BCUT2D eigenvalue weighted by molar-refractivity contribution is -0.863. The number of carbonyl (C=O) groups excluding carboxylic acids is 1. The molecule has 134 valence electrons. The van der Waals surface area contributed by atoms with Crippen LogP contribution in [0.3, 0.4) is 0 Å². The van der Waals surface area contributed by atoms with E-state index in [0.717, 1.165) is 4.47 Å². The van der Waals surface area contributed by atoms with E-state index in [9.17, 15) is 9.90 Å². The van der Waals surface area contributed by atoms with Crippen LogP contribution in [0.1, 0.15) is 15.9 Å². The molecular formula is C18H19Br2ClN2O2. The van der Waals surface area contributed by atoms with Gasteiger partial charge in [-0.3, -0.25) is 9.79 Å². The Morgan fingerprint density at radius 2 is 1.80 bits per heavy atom. The molecule has 0 aliphatic rings. The minimum atomic E-state index is -0.280. The lowest BCUT2D eigenvalue weighted by Crippen LogP contribution is -2.43. The molecule has 0 saturated heterocycles. The predicted octanol–water partition coefficient (Wildman–Crippen LogP) is 4.01. The fourth-order valence-electron chi connectivity index (χ4n) is 2.15. The van der Waals surface area contributed by atoms with Gasteiger partial charge in [-0.15, -0.1) is 17.0 Å². The van der Waals surface area contributed by atoms with Crippen molar-refractivity contribution < 1.29 is 14.4 Å². The summed E-state index contributed by atoms with van der Waals surface area (Å²) >= 11 is 9.48. The summed E-state index contributed by atoms with van der Waals surface area (Å²) in [6.45, 7) is 0.246. The zero-order valence-electron chi connectivity index (χ0n) is 14.1. The highest BCUT2D eigenvalue weighted by Gasteiger charge is 2.17. The fourth-order valence-corrected chi connectivity index (χ4v) is 2.74. The van der Waals surface area contributed by atoms with E-state index in [0.29, 0.717) is 26.3 Å². The molecule has 2 aromatic carbocycles. The first-order valence-corrected chi connectivity index (χ1v) is 8.48. The number of benzene rings is 2. The standard InChI is InChI=1S/C18H18BrClN2O2.BrH/c1-22(2,3)11-17(23)21-16-9-8-12(19)10-14(16)18(24)13-6-4-5-7-15(13)20;/h4-10H,11H2,1-3H3;1H. The van der Waals surface area contributed by atoms with Gasteiger partial charge in [-0.1, -0.05) is 39.7 Å². The van der Waals surface area contributed by atoms with Crippen molar-refractivity contribution in [1.82, 2.24) is 0 Å². The number of rotatable bonds is 5. The smallest absolute Gasteiger partial charge is 0.196 e. The number of quaternary nitrogens is 1. The molecular weight excluding hydrogens is 471 g/mol. The summed E-state index contributed by atoms with van der Waals surface area (Å²) < 4.78 is 1.20. The topological polar surface area (TPSA) is 52.5 Å². The largest absolute Gasteiger partial charge is 0.858 e. The van der Waals surface area contributed by atoms with Crippen molar-refractivity contribution in [1.29, 1.82) is 0 Å². The molecule has 0 atom stereocenters. The third-order valence-corrected chi connectivity index (χ3v) is 4.00. The predicted molar refractivity (Wildman–Crippen MR) is 109 cm³/mol. The van der Waals surface area contributed by atoms with Crippen molar-refractivity contribution in [2.24, 2.45) is 4.99 Å². The molecule has 0 aliphatic heterocycles. The van der Waals surface area contributed by atoms with Crippen LogP contribution in [-0.4, -0.2) is 43.9 Å². The Kier molecular flexibility index (Phi) is 7.81. The van der Waals surface area contributed by atoms with Gasteiger partial charge in [0.1, 0.15) is 6.54 Å². The second kappa shape index (κ2) is 8.94. The third-order valence-electron chi connectivity index (χ3n) is 3.18. The van der Waals surface area contributed by atoms with Crippen molar-refractivity contribution in [3.05, 3.63) is 63.1 Å². The van der Waals surface area contributed by atoms with Crippen molar-refractivity contribution in [3.63, 3.8) is 0 Å². The number of carbonyl (C=O) groups is 1. The van der Waals surface area contributed by atoms with Crippen LogP contribution in [0.15, 0.2) is 51.9 Å². The number of likely N-dealkylation sites (N-methyl/N-ethyl adjacent to an activating group) is 1. The molecule has 0 N–H and O–H groups in total. The van der Waals surface area contributed by atoms with Crippen LogP contribution in [-0.2, 0) is 0 Å². The van der Waals surface area contributed by atoms with Gasteiger partial charge in [0.05, 0.1) is 31.9 Å². The van der Waals surface area contributed by atoms with E-state index < -0.39 is 0 Å². The summed E-state index contributed by atoms with van der Waals surface area (Å²) in [5, 5.41) is 12.5. The molecule has 4 nitrogen and oxygen atoms in total. The van der Waals surface area contributed by atoms with Crippen molar-refractivity contribution in [2.45, 2.75) is 0 Å². The van der Waals surface area contributed by atoms with Gasteiger partial charge >= 0.3 is 0 Å². The number of hydrogen-bond acceptors (Lipinski definition) is 3. The maximum Gasteiger partial charge on any atom is 0.196 e. The number of ketones is 1. The fraction of sp³-hybridized carbons (Fsp3) is 0.222. The van der Waals surface area contributed by atoms with Crippen LogP contribution in [0.4, 0.5) is 5.69 Å². The molecule has 0 aliphatic carbocycles. The van der Waals surface area contributed by atoms with Crippen LogP contribution < -0.4 is 5.11 Å². The Morgan fingerprint density at radius 3 is 2.40 bits per heavy atom. The molecule has 2 rings (SSSR count). The van der Waals surface area contributed by atoms with Crippen LogP contribution in [0.25, 0.3) is 0 Å². The maximum absolute atomic E-state index is 12.8. The van der Waals surface area contributed by atoms with Crippen LogP contribution in [0, 0.1) is 0 Å². The van der Waals surface area contributed by atoms with Gasteiger partial charge in [-0.2, -0.15) is 0 Å². The lowest BCUT2D eigenvalue weighted by atomic mass is 10.0. The number of nitrogens with zero attached hydrogens (tertiary/aromatic N) is 2. The molecule has 0 bridgehead atoms. The Bertz CT molecular complexity index is 802. The van der Waals surface area contributed by atoms with Gasteiger partial charge in [0.2, 0.25) is 0 Å². The molecule has 0 unspecified atom stereocenters. The first-order chi connectivity index (χ1) is 11.2. The minimum Gasteiger partial charge on any atom is -0.858 e. The molecule has 0 aromatic heterocycles. The minimum absolute atomic E-state index is 0. The Hall–Kier alpha value is -1.21. The summed E-state index contributed by atoms with van der Waals surface area (Å²) in [6.07, 6.45) is 0. The molecule has 7 heteroatoms. The first kappa shape index (κ1) is 21.8. The Morgan fingerprint density at radius 1 is 1.16 bits per heavy atom. The molecule has 0 amide bonds. The average molecular weight is 491 g/mol. The molecule has 0 radical (unpaired) electrons. The van der Waals surface area contributed by atoms with E-state index in [1.807, 2.05) is 21.1 Å². The van der Waals surface area contributed by atoms with E-state index in [-0.39, 0.29) is 35.2 Å². The highest BCUT2D eigenvalue weighted by molar-refractivity contribution is 9.10. The maximum atomic E-state index is 12.8. The average Bonchev–Trinajstić information content (AvgIpc) is 2.47. The van der Waals surface area contributed by atoms with Crippen LogP contribution in [0.2, 0.25) is 5.02 Å². The number of hydrogen-bond donors (Lipinski definition) is 0. The van der Waals surface area contributed by atoms with Gasteiger partial charge in [0, 0.05) is 21.5 Å². The van der Waals surface area contributed by atoms with Crippen molar-refractivity contribution in [2.75, 3.05) is 27.7 Å². The monoisotopic (exact) mass is 488 g/mol. The summed E-state index contributed by atoms with van der Waals surface area (Å²) in [5.74, 6) is -0.545. The Labute approximate surface area is 171 Å². The quantitative estimate of drug-likeness (QED) is 0.275. The summed E-state index contributed by atoms with van der Waals surface area (Å²) in [4.78, 5) is 16.9. The van der Waals surface area contributed by atoms with Gasteiger partial charge in [-0.25, -0.2) is 0 Å². The second-order valence-electron chi connectivity index (χ2n) is 6.42. The second-order valence-corrected chi connectivity index (χ2v) is 7.75. The van der Waals surface area contributed by atoms with E-state index in [2.05, 4.69) is 20.9 Å². The summed E-state index contributed by atoms with van der Waals surface area (Å²) in [6, 6.07) is 11.9. The van der Waals surface area contributed by atoms with Gasteiger partial charge in [0.25, 0.3) is 0 Å². The zero-order valence-corrected chi connectivity index (χ0v) is 18.2. The Balaban J connectivity index is 0.00000312. The van der Waals surface area contributed by atoms with Crippen molar-refractivity contribution in [3.8, 4) is 0 Å². The molecule has 0 saturated carbocycles. The summed E-state index contributed by atoms with van der Waals surface area (Å²) in [7, 11) is 5.72. The zero-order chi connectivity index (χ0) is 17.9. The van der Waals surface area contributed by atoms with E-state index >= 15 is 0 Å².